The molecular formula is C42H57N5O2. The Kier molecular flexibility index (Phi) is 12.7. The van der Waals surface area contributed by atoms with E-state index in [9.17, 15) is 4.79 Å². The number of carbonyl (C=O) groups is 1. The van der Waals surface area contributed by atoms with Crippen LogP contribution in [-0.4, -0.2) is 73.0 Å². The number of rotatable bonds is 19. The fraction of sp³-hybridized carbons (Fsp3) is 0.476. The summed E-state index contributed by atoms with van der Waals surface area (Å²) in [5.74, 6) is 0.308. The van der Waals surface area contributed by atoms with Gasteiger partial charge in [-0.3, -0.25) is 14.7 Å². The third-order valence-corrected chi connectivity index (χ3v) is 10.00. The number of aliphatic imine (C=N–C) groups is 1. The number of hydrogen-bond acceptors (Lipinski definition) is 6. The summed E-state index contributed by atoms with van der Waals surface area (Å²) in [6.45, 7) is 24.5. The highest BCUT2D eigenvalue weighted by Gasteiger charge is 2.45. The molecule has 0 aliphatic carbocycles. The second-order valence-corrected chi connectivity index (χ2v) is 14.7. The second kappa shape index (κ2) is 17.1. The van der Waals surface area contributed by atoms with E-state index in [1.165, 1.54) is 36.0 Å². The molecule has 0 bridgehead atoms. The number of nitrogens with one attached hydrogen (secondary N) is 3. The molecule has 5 rings (SSSR count). The molecule has 0 saturated carbocycles. The zero-order valence-corrected chi connectivity index (χ0v) is 30.0. The summed E-state index contributed by atoms with van der Waals surface area (Å²) in [5, 5.41) is 10.8. The topological polar surface area (TPSA) is 81.3 Å². The molecule has 0 spiro atoms. The molecule has 7 heteroatoms. The van der Waals surface area contributed by atoms with Crippen molar-refractivity contribution in [3.63, 3.8) is 0 Å². The van der Waals surface area contributed by atoms with Gasteiger partial charge in [-0.05, 0) is 92.8 Å². The van der Waals surface area contributed by atoms with Crippen LogP contribution in [0.25, 0.3) is 0 Å². The van der Waals surface area contributed by atoms with Crippen LogP contribution in [0.15, 0.2) is 114 Å². The van der Waals surface area contributed by atoms with Crippen LogP contribution in [0.2, 0.25) is 0 Å². The standard InChI is InChI=1S/C42H57N5O2/c1-30(2)24-38(31(3)42(6)29-49-42)44-33(5)39(25-35-18-12-8-13-19-35)45-32(4)37(21-20-34-16-10-7-11-17-34)46-41(48)40-26-36(27-43-40)28-47-22-14-9-15-23-47/h7-8,10-13,16-19,26,30,37-39,44-45H,3-5,9,14-15,20-25,27-29H2,1-2,6H3,(H,46,48)/t37?,38?,39-,42?/m0/s1. The highest BCUT2D eigenvalue weighted by molar-refractivity contribution is 6.44. The Balaban J connectivity index is 1.31. The number of ether oxygens (including phenoxy) is 1. The number of benzene rings is 2. The van der Waals surface area contributed by atoms with Crippen molar-refractivity contribution in [2.45, 2.75) is 89.4 Å². The highest BCUT2D eigenvalue weighted by atomic mass is 16.6. The third kappa shape index (κ3) is 10.8. The zero-order chi connectivity index (χ0) is 34.8. The van der Waals surface area contributed by atoms with Crippen molar-refractivity contribution in [1.29, 1.82) is 0 Å². The third-order valence-electron chi connectivity index (χ3n) is 10.00. The van der Waals surface area contributed by atoms with Crippen molar-refractivity contribution in [3.8, 4) is 0 Å². The Bertz CT molecular complexity index is 1500. The van der Waals surface area contributed by atoms with Gasteiger partial charge in [-0.2, -0.15) is 0 Å². The number of epoxide rings is 1. The molecule has 262 valence electrons. The Morgan fingerprint density at radius 1 is 0.878 bits per heavy atom. The quantitative estimate of drug-likeness (QED) is 0.117. The van der Waals surface area contributed by atoms with Gasteiger partial charge in [0.25, 0.3) is 5.91 Å². The van der Waals surface area contributed by atoms with Gasteiger partial charge in [-0.25, -0.2) is 0 Å². The lowest BCUT2D eigenvalue weighted by Gasteiger charge is -2.33. The van der Waals surface area contributed by atoms with E-state index in [0.29, 0.717) is 37.6 Å². The maximum Gasteiger partial charge on any atom is 0.269 e. The summed E-state index contributed by atoms with van der Waals surface area (Å²) >= 11 is 0. The monoisotopic (exact) mass is 663 g/mol. The van der Waals surface area contributed by atoms with Crippen molar-refractivity contribution in [1.82, 2.24) is 20.9 Å². The molecule has 3 N–H and O–H groups in total. The van der Waals surface area contributed by atoms with Gasteiger partial charge in [-0.1, -0.05) is 101 Å². The molecule has 1 amide bonds. The van der Waals surface area contributed by atoms with Crippen LogP contribution in [0, 0.1) is 5.92 Å². The van der Waals surface area contributed by atoms with Crippen LogP contribution in [0.4, 0.5) is 0 Å². The molecule has 0 aromatic heterocycles. The Morgan fingerprint density at radius 3 is 2.12 bits per heavy atom. The molecule has 3 unspecified atom stereocenters. The first-order valence-electron chi connectivity index (χ1n) is 18.2. The van der Waals surface area contributed by atoms with Crippen LogP contribution in [0.1, 0.15) is 64.0 Å². The van der Waals surface area contributed by atoms with E-state index < -0.39 is 0 Å². The van der Waals surface area contributed by atoms with Crippen LogP contribution in [-0.2, 0) is 22.4 Å². The van der Waals surface area contributed by atoms with Gasteiger partial charge in [0.05, 0.1) is 25.2 Å². The maximum absolute atomic E-state index is 13.7. The summed E-state index contributed by atoms with van der Waals surface area (Å²) < 4.78 is 5.79. The van der Waals surface area contributed by atoms with Crippen molar-refractivity contribution in [3.05, 3.63) is 120 Å². The molecule has 0 radical (unpaired) electrons. The van der Waals surface area contributed by atoms with Crippen molar-refractivity contribution in [2.75, 3.05) is 32.8 Å². The first-order valence-corrected chi connectivity index (χ1v) is 18.2. The van der Waals surface area contributed by atoms with E-state index in [1.807, 2.05) is 18.2 Å². The van der Waals surface area contributed by atoms with Crippen LogP contribution < -0.4 is 16.0 Å². The lowest BCUT2D eigenvalue weighted by Crippen LogP contribution is -2.48. The normalized spacial score (nSPS) is 20.8. The van der Waals surface area contributed by atoms with Crippen LogP contribution in [0.5, 0.6) is 0 Å². The summed E-state index contributed by atoms with van der Waals surface area (Å²) in [7, 11) is 0. The fourth-order valence-electron chi connectivity index (χ4n) is 6.81. The average molecular weight is 664 g/mol. The first kappa shape index (κ1) is 36.3. The van der Waals surface area contributed by atoms with Gasteiger partial charge in [0.1, 0.15) is 11.3 Å². The van der Waals surface area contributed by atoms with Gasteiger partial charge in [0.15, 0.2) is 0 Å². The van der Waals surface area contributed by atoms with E-state index >= 15 is 0 Å². The predicted octanol–water partition coefficient (Wildman–Crippen LogP) is 6.55. The van der Waals surface area contributed by atoms with Gasteiger partial charge < -0.3 is 20.7 Å². The largest absolute Gasteiger partial charge is 0.381 e. The Hall–Kier alpha value is -3.94. The SMILES string of the molecule is C=C(N[C@@H](Cc1ccccc1)C(=C)NC(CC(C)C)C(=C)C1(C)CO1)C(CCc1ccccc1)NC(=O)C1=NCC(CN2CCCCC2)=C1. The summed E-state index contributed by atoms with van der Waals surface area (Å²) in [6.07, 6.45) is 8.90. The average Bonchev–Trinajstić information content (AvgIpc) is 3.68. The number of amides is 1. The minimum Gasteiger partial charge on any atom is -0.381 e. The molecule has 49 heavy (non-hydrogen) atoms. The molecular weight excluding hydrogens is 606 g/mol. The number of nitrogens with zero attached hydrogens (tertiary/aromatic N) is 2. The van der Waals surface area contributed by atoms with E-state index in [1.54, 1.807) is 0 Å². The lowest BCUT2D eigenvalue weighted by molar-refractivity contribution is -0.115. The summed E-state index contributed by atoms with van der Waals surface area (Å²) in [6, 6.07) is 20.3. The minimum absolute atomic E-state index is 0.0215. The molecule has 7 nitrogen and oxygen atoms in total. The van der Waals surface area contributed by atoms with Crippen molar-refractivity contribution >= 4 is 11.6 Å². The molecule has 4 atom stereocenters. The molecule has 3 aliphatic rings. The van der Waals surface area contributed by atoms with Gasteiger partial charge in [0, 0.05) is 24.0 Å². The molecule has 2 aromatic rings. The zero-order valence-electron chi connectivity index (χ0n) is 30.0. The molecule has 3 aliphatic heterocycles. The Morgan fingerprint density at radius 2 is 1.49 bits per heavy atom. The molecule has 3 heterocycles. The number of aryl methyl sites for hydroxylation is 1. The number of hydrogen-bond donors (Lipinski definition) is 3. The van der Waals surface area contributed by atoms with Gasteiger partial charge in [-0.15, -0.1) is 0 Å². The van der Waals surface area contributed by atoms with Gasteiger partial charge in [0.2, 0.25) is 0 Å². The number of likely N-dealkylation sites (tertiary alicyclic amines) is 1. The summed E-state index contributed by atoms with van der Waals surface area (Å²) in [5.41, 5.74) is 6.48. The minimum atomic E-state index is -0.318. The maximum atomic E-state index is 13.7. The van der Waals surface area contributed by atoms with Crippen molar-refractivity contribution in [2.24, 2.45) is 10.9 Å². The second-order valence-electron chi connectivity index (χ2n) is 14.7. The summed E-state index contributed by atoms with van der Waals surface area (Å²) in [4.78, 5) is 20.9. The molecule has 2 fully saturated rings. The number of piperidine rings is 1. The van der Waals surface area contributed by atoms with Crippen molar-refractivity contribution < 1.29 is 9.53 Å². The van der Waals surface area contributed by atoms with Crippen LogP contribution in [0.3, 0.4) is 0 Å². The fourth-order valence-corrected chi connectivity index (χ4v) is 6.81. The first-order chi connectivity index (χ1) is 23.6. The number of carbonyl (C=O) groups excluding carboxylic acids is 1. The van der Waals surface area contributed by atoms with Crippen LogP contribution >= 0.6 is 0 Å². The van der Waals surface area contributed by atoms with E-state index in [4.69, 9.17) is 4.74 Å². The molecule has 2 saturated heterocycles. The lowest BCUT2D eigenvalue weighted by atomic mass is 9.89. The van der Waals surface area contributed by atoms with E-state index in [-0.39, 0.29) is 29.6 Å². The Labute approximate surface area is 294 Å². The molecule has 2 aromatic carbocycles. The van der Waals surface area contributed by atoms with E-state index in [0.717, 1.165) is 49.4 Å². The van der Waals surface area contributed by atoms with Gasteiger partial charge >= 0.3 is 0 Å². The highest BCUT2D eigenvalue weighted by Crippen LogP contribution is 2.37. The van der Waals surface area contributed by atoms with E-state index in [2.05, 4.69) is 115 Å². The smallest absolute Gasteiger partial charge is 0.269 e. The predicted molar refractivity (Wildman–Crippen MR) is 203 cm³/mol.